The summed E-state index contributed by atoms with van der Waals surface area (Å²) in [6, 6.07) is 5.65. The molecule has 1 aromatic carbocycles. The van der Waals surface area contributed by atoms with Gasteiger partial charge in [0.15, 0.2) is 0 Å². The zero-order chi connectivity index (χ0) is 18.6. The molecule has 0 saturated carbocycles. The molecule has 3 aromatic rings. The molecule has 0 N–H and O–H groups in total. The van der Waals surface area contributed by atoms with E-state index in [1.807, 2.05) is 0 Å². The van der Waals surface area contributed by atoms with Crippen LogP contribution in [0.1, 0.15) is 61.5 Å². The molecule has 0 atom stereocenters. The zero-order valence-electron chi connectivity index (χ0n) is 18.1. The van der Waals surface area contributed by atoms with Gasteiger partial charge in [-0.15, -0.1) is 36.7 Å². The largest absolute Gasteiger partial charge is 0.351 e. The summed E-state index contributed by atoms with van der Waals surface area (Å²) in [5.41, 5.74) is 16.1. The first-order valence-electron chi connectivity index (χ1n) is 9.08. The monoisotopic (exact) mass is 471 g/mol. The molecule has 0 aliphatic heterocycles. The van der Waals surface area contributed by atoms with E-state index >= 15 is 0 Å². The summed E-state index contributed by atoms with van der Waals surface area (Å²) in [4.78, 5) is 0. The molecule has 0 fully saturated rings. The van der Waals surface area contributed by atoms with Crippen LogP contribution in [0.3, 0.4) is 0 Å². The van der Waals surface area contributed by atoms with Crippen LogP contribution in [0.2, 0.25) is 0 Å². The molecule has 27 heavy (non-hydrogen) atoms. The molecule has 3 heteroatoms. The van der Waals surface area contributed by atoms with Gasteiger partial charge in [-0.3, -0.25) is 5.56 Å². The molecular formula is C24H29NVY-2. The Morgan fingerprint density at radius 1 is 0.667 bits per heavy atom. The van der Waals surface area contributed by atoms with E-state index in [2.05, 4.69) is 85.3 Å². The van der Waals surface area contributed by atoms with Crippen LogP contribution in [0.4, 0.5) is 0 Å². The van der Waals surface area contributed by atoms with E-state index in [0.717, 1.165) is 5.69 Å². The van der Waals surface area contributed by atoms with Crippen LogP contribution < -0.4 is 0 Å². The molecule has 0 bridgehead atoms. The van der Waals surface area contributed by atoms with Crippen molar-refractivity contribution < 1.29 is 51.3 Å². The maximum absolute atomic E-state index is 3.51. The van der Waals surface area contributed by atoms with E-state index in [1.165, 1.54) is 61.3 Å². The van der Waals surface area contributed by atoms with Crippen LogP contribution in [-0.2, 0) is 51.3 Å². The maximum Gasteiger partial charge on any atom is 0.0271 e. The second kappa shape index (κ2) is 8.91. The first-order valence-corrected chi connectivity index (χ1v) is 9.08. The van der Waals surface area contributed by atoms with Crippen LogP contribution in [0, 0.1) is 74.8 Å². The SMILES string of the molecule is Cc1c(C)c(C)c([CH-]c2[c-]cc3c(C)c(C)c(C)c(C)n23)c(C)c1C.[V].[Y]. The van der Waals surface area contributed by atoms with Gasteiger partial charge < -0.3 is 4.40 Å². The van der Waals surface area contributed by atoms with Crippen LogP contribution in [-0.4, -0.2) is 4.40 Å². The van der Waals surface area contributed by atoms with E-state index in [4.69, 9.17) is 0 Å². The van der Waals surface area contributed by atoms with Gasteiger partial charge >= 0.3 is 0 Å². The fourth-order valence-electron chi connectivity index (χ4n) is 3.94. The van der Waals surface area contributed by atoms with Crippen molar-refractivity contribution in [2.24, 2.45) is 0 Å². The summed E-state index contributed by atoms with van der Waals surface area (Å²) in [5, 5.41) is 0. The van der Waals surface area contributed by atoms with E-state index in [0.29, 0.717) is 0 Å². The van der Waals surface area contributed by atoms with Gasteiger partial charge in [0.1, 0.15) is 0 Å². The summed E-state index contributed by atoms with van der Waals surface area (Å²) in [6.45, 7) is 20.0. The van der Waals surface area contributed by atoms with Crippen molar-refractivity contribution in [3.05, 3.63) is 80.0 Å². The molecule has 0 saturated heterocycles. The average molecular weight is 471 g/mol. The number of nitrogens with zero attached hydrogens (tertiary/aromatic N) is 1. The molecule has 1 nitrogen and oxygen atoms in total. The predicted molar refractivity (Wildman–Crippen MR) is 108 cm³/mol. The first-order chi connectivity index (χ1) is 11.7. The quantitative estimate of drug-likeness (QED) is 0.398. The van der Waals surface area contributed by atoms with Crippen molar-refractivity contribution in [1.82, 2.24) is 4.40 Å². The number of aryl methyl sites for hydroxylation is 2. The van der Waals surface area contributed by atoms with Crippen LogP contribution in [0.5, 0.6) is 0 Å². The number of rotatable bonds is 2. The van der Waals surface area contributed by atoms with Gasteiger partial charge in [-0.05, 0) is 51.3 Å². The smallest absolute Gasteiger partial charge is 0.0271 e. The number of hydrogen-bond donors (Lipinski definition) is 0. The Hall–Kier alpha value is -0.462. The molecular weight excluding hydrogens is 442 g/mol. The van der Waals surface area contributed by atoms with Gasteiger partial charge in [0.05, 0.1) is 0 Å². The predicted octanol–water partition coefficient (Wildman–Crippen LogP) is 6.11. The van der Waals surface area contributed by atoms with E-state index in [9.17, 15) is 0 Å². The number of fused-ring (bicyclic) bond motifs is 1. The minimum atomic E-state index is 0. The number of pyridine rings is 1. The van der Waals surface area contributed by atoms with Crippen molar-refractivity contribution >= 4 is 5.52 Å². The number of hydrogen-bond acceptors (Lipinski definition) is 0. The molecule has 0 amide bonds. The fourth-order valence-corrected chi connectivity index (χ4v) is 3.94. The van der Waals surface area contributed by atoms with Gasteiger partial charge in [-0.2, -0.15) is 0 Å². The third-order valence-electron chi connectivity index (χ3n) is 6.56. The molecule has 0 aliphatic rings. The molecule has 0 unspecified atom stereocenters. The minimum absolute atomic E-state index is 0. The van der Waals surface area contributed by atoms with E-state index in [1.54, 1.807) is 0 Å². The topological polar surface area (TPSA) is 4.41 Å². The fraction of sp³-hybridized carbons (Fsp3) is 0.375. The van der Waals surface area contributed by atoms with Crippen molar-refractivity contribution in [2.45, 2.75) is 62.3 Å². The third-order valence-corrected chi connectivity index (χ3v) is 6.56. The van der Waals surface area contributed by atoms with Crippen molar-refractivity contribution in [1.29, 1.82) is 0 Å². The zero-order valence-corrected chi connectivity index (χ0v) is 22.4. The van der Waals surface area contributed by atoms with E-state index in [-0.39, 0.29) is 51.3 Å². The van der Waals surface area contributed by atoms with Gasteiger partial charge in [0.2, 0.25) is 0 Å². The molecule has 3 rings (SSSR count). The van der Waals surface area contributed by atoms with Gasteiger partial charge in [-0.25, -0.2) is 23.6 Å². The Morgan fingerprint density at radius 2 is 1.11 bits per heavy atom. The molecule has 140 valence electrons. The molecule has 0 spiro atoms. The third kappa shape index (κ3) is 3.86. The maximum atomic E-state index is 3.51. The Kier molecular flexibility index (Phi) is 8.11. The van der Waals surface area contributed by atoms with Crippen molar-refractivity contribution in [2.75, 3.05) is 0 Å². The second-order valence-corrected chi connectivity index (χ2v) is 7.54. The average Bonchev–Trinajstić information content (AvgIpc) is 3.02. The summed E-state index contributed by atoms with van der Waals surface area (Å²) >= 11 is 0. The Balaban J connectivity index is 0.00000182. The first kappa shape index (κ1) is 24.6. The molecule has 2 aromatic heterocycles. The number of benzene rings is 1. The Labute approximate surface area is 202 Å². The van der Waals surface area contributed by atoms with Gasteiger partial charge in [-0.1, -0.05) is 19.4 Å². The Morgan fingerprint density at radius 3 is 1.63 bits per heavy atom. The van der Waals surface area contributed by atoms with Crippen LogP contribution in [0.15, 0.2) is 6.07 Å². The molecule has 2 radical (unpaired) electrons. The Bertz CT molecular complexity index is 983. The van der Waals surface area contributed by atoms with Crippen molar-refractivity contribution in [3.8, 4) is 0 Å². The minimum Gasteiger partial charge on any atom is -0.351 e. The van der Waals surface area contributed by atoms with Gasteiger partial charge in [0, 0.05) is 62.5 Å². The summed E-state index contributed by atoms with van der Waals surface area (Å²) in [5.74, 6) is 0. The van der Waals surface area contributed by atoms with Crippen molar-refractivity contribution in [3.63, 3.8) is 0 Å². The van der Waals surface area contributed by atoms with Crippen LogP contribution >= 0.6 is 0 Å². The van der Waals surface area contributed by atoms with Crippen LogP contribution in [0.25, 0.3) is 5.52 Å². The standard InChI is InChI=1S/C24H29N.V.Y/c1-13-14(2)18(6)23(19(7)15(13)3)12-22-10-11-24-20(8)16(4)17(5)21(9)25(22)24;;/h11-12H,1-9H3;;/q-2;;. The molecule has 2 heterocycles. The summed E-state index contributed by atoms with van der Waals surface area (Å²) < 4.78 is 2.36. The molecule has 0 aliphatic carbocycles. The summed E-state index contributed by atoms with van der Waals surface area (Å²) in [7, 11) is 0. The number of aromatic nitrogens is 1. The normalized spacial score (nSPS) is 10.6. The summed E-state index contributed by atoms with van der Waals surface area (Å²) in [6.07, 6.45) is 2.32. The van der Waals surface area contributed by atoms with Gasteiger partial charge in [0.25, 0.3) is 0 Å². The second-order valence-electron chi connectivity index (χ2n) is 7.54. The van der Waals surface area contributed by atoms with E-state index < -0.39 is 0 Å².